The van der Waals surface area contributed by atoms with Crippen LogP contribution in [0.15, 0.2) is 18.2 Å². The first-order chi connectivity index (χ1) is 9.35. The zero-order chi connectivity index (χ0) is 15.3. The number of para-hydroxylation sites is 1. The van der Waals surface area contributed by atoms with Gasteiger partial charge in [-0.25, -0.2) is 4.39 Å². The number of hydrogen-bond donors (Lipinski definition) is 2. The number of halogens is 1. The highest BCUT2D eigenvalue weighted by Crippen LogP contribution is 2.24. The van der Waals surface area contributed by atoms with Gasteiger partial charge in [-0.05, 0) is 32.4 Å². The third-order valence-corrected chi connectivity index (χ3v) is 3.40. The molecule has 0 atom stereocenters. The van der Waals surface area contributed by atoms with Crippen molar-refractivity contribution in [3.63, 3.8) is 0 Å². The van der Waals surface area contributed by atoms with Crippen molar-refractivity contribution in [3.05, 3.63) is 29.6 Å². The fourth-order valence-corrected chi connectivity index (χ4v) is 1.69. The van der Waals surface area contributed by atoms with Gasteiger partial charge in [0, 0.05) is 13.6 Å². The van der Waals surface area contributed by atoms with Crippen LogP contribution in [0.5, 0.6) is 0 Å². The smallest absolute Gasteiger partial charge is 0.256 e. The van der Waals surface area contributed by atoms with Crippen molar-refractivity contribution in [2.45, 2.75) is 32.7 Å². The Kier molecular flexibility index (Phi) is 5.51. The molecule has 0 spiro atoms. The maximum atomic E-state index is 13.9. The van der Waals surface area contributed by atoms with Gasteiger partial charge >= 0.3 is 0 Å². The minimum absolute atomic E-state index is 0.164. The van der Waals surface area contributed by atoms with E-state index in [1.54, 1.807) is 27.0 Å². The molecule has 0 fully saturated rings. The predicted octanol–water partition coefficient (Wildman–Crippen LogP) is 2.49. The lowest BCUT2D eigenvalue weighted by Gasteiger charge is -2.34. The van der Waals surface area contributed by atoms with Crippen molar-refractivity contribution in [2.24, 2.45) is 0 Å². The number of amides is 1. The molecule has 0 radical (unpaired) electrons. The van der Waals surface area contributed by atoms with Gasteiger partial charge in [-0.3, -0.25) is 4.79 Å². The average Bonchev–Trinajstić information content (AvgIpc) is 2.44. The Morgan fingerprint density at radius 2 is 2.10 bits per heavy atom. The van der Waals surface area contributed by atoms with Gasteiger partial charge in [0.05, 0.1) is 23.4 Å². The maximum Gasteiger partial charge on any atom is 0.256 e. The second-order valence-electron chi connectivity index (χ2n) is 5.42. The molecule has 0 bridgehead atoms. The molecule has 0 aromatic heterocycles. The maximum absolute atomic E-state index is 13.9. The highest BCUT2D eigenvalue weighted by molar-refractivity contribution is 6.00. The SMILES string of the molecule is CCCNc1c(F)cccc1C(=O)N(C)C(C)(C)CO. The van der Waals surface area contributed by atoms with E-state index in [1.807, 2.05) is 6.92 Å². The summed E-state index contributed by atoms with van der Waals surface area (Å²) in [5.41, 5.74) is -0.201. The van der Waals surface area contributed by atoms with Crippen molar-refractivity contribution >= 4 is 11.6 Å². The third-order valence-electron chi connectivity index (χ3n) is 3.40. The van der Waals surface area contributed by atoms with Gasteiger partial charge in [-0.15, -0.1) is 0 Å². The molecule has 0 heterocycles. The second kappa shape index (κ2) is 6.70. The van der Waals surface area contributed by atoms with Crippen LogP contribution >= 0.6 is 0 Å². The molecule has 1 rings (SSSR count). The summed E-state index contributed by atoms with van der Waals surface area (Å²) in [4.78, 5) is 13.9. The van der Waals surface area contributed by atoms with Gasteiger partial charge in [0.15, 0.2) is 0 Å². The van der Waals surface area contributed by atoms with Crippen LogP contribution in [0.2, 0.25) is 0 Å². The Labute approximate surface area is 119 Å². The molecule has 1 aromatic carbocycles. The summed E-state index contributed by atoms with van der Waals surface area (Å²) in [5, 5.41) is 12.3. The van der Waals surface area contributed by atoms with Crippen molar-refractivity contribution in [3.8, 4) is 0 Å². The number of aliphatic hydroxyl groups excluding tert-OH is 1. The summed E-state index contributed by atoms with van der Waals surface area (Å²) in [7, 11) is 1.60. The summed E-state index contributed by atoms with van der Waals surface area (Å²) in [6.45, 7) is 5.90. The first kappa shape index (κ1) is 16.4. The predicted molar refractivity (Wildman–Crippen MR) is 78.4 cm³/mol. The zero-order valence-corrected chi connectivity index (χ0v) is 12.5. The molecule has 0 unspecified atom stereocenters. The lowest BCUT2D eigenvalue weighted by molar-refractivity contribution is 0.0473. The van der Waals surface area contributed by atoms with Gasteiger partial charge in [0.2, 0.25) is 0 Å². The molecule has 0 aliphatic carbocycles. The lowest BCUT2D eigenvalue weighted by Crippen LogP contribution is -2.47. The largest absolute Gasteiger partial charge is 0.394 e. The molecule has 0 aliphatic rings. The van der Waals surface area contributed by atoms with Gasteiger partial charge in [0.1, 0.15) is 5.82 Å². The van der Waals surface area contributed by atoms with E-state index in [4.69, 9.17) is 0 Å². The number of likely N-dealkylation sites (N-methyl/N-ethyl adjacent to an activating group) is 1. The van der Waals surface area contributed by atoms with Crippen molar-refractivity contribution in [1.82, 2.24) is 4.90 Å². The number of carbonyl (C=O) groups is 1. The summed E-state index contributed by atoms with van der Waals surface area (Å²) >= 11 is 0. The highest BCUT2D eigenvalue weighted by Gasteiger charge is 2.29. The Morgan fingerprint density at radius 1 is 1.45 bits per heavy atom. The minimum Gasteiger partial charge on any atom is -0.394 e. The highest BCUT2D eigenvalue weighted by atomic mass is 19.1. The molecule has 20 heavy (non-hydrogen) atoms. The van der Waals surface area contributed by atoms with Crippen molar-refractivity contribution in [1.29, 1.82) is 0 Å². The molecule has 5 heteroatoms. The molecule has 0 saturated heterocycles. The Balaban J connectivity index is 3.12. The van der Waals surface area contributed by atoms with E-state index in [1.165, 1.54) is 17.0 Å². The lowest BCUT2D eigenvalue weighted by atomic mass is 10.0. The van der Waals surface area contributed by atoms with Crippen LogP contribution in [0.25, 0.3) is 0 Å². The number of rotatable bonds is 6. The van der Waals surface area contributed by atoms with Gasteiger partial charge < -0.3 is 15.3 Å². The second-order valence-corrected chi connectivity index (χ2v) is 5.42. The standard InChI is InChI=1S/C15H23FN2O2/c1-5-9-17-13-11(7-6-8-12(13)16)14(20)18(4)15(2,3)10-19/h6-8,17,19H,5,9-10H2,1-4H3. The van der Waals surface area contributed by atoms with Crippen molar-refractivity contribution in [2.75, 3.05) is 25.5 Å². The minimum atomic E-state index is -0.703. The van der Waals surface area contributed by atoms with Crippen LogP contribution in [0.4, 0.5) is 10.1 Å². The third kappa shape index (κ3) is 3.48. The molecule has 0 aliphatic heterocycles. The topological polar surface area (TPSA) is 52.6 Å². The number of benzene rings is 1. The van der Waals surface area contributed by atoms with Crippen LogP contribution in [-0.4, -0.2) is 41.7 Å². The number of nitrogens with one attached hydrogen (secondary N) is 1. The quantitative estimate of drug-likeness (QED) is 0.843. The molecule has 112 valence electrons. The van der Waals surface area contributed by atoms with Gasteiger partial charge in [0.25, 0.3) is 5.91 Å². The Hall–Kier alpha value is -1.62. The zero-order valence-electron chi connectivity index (χ0n) is 12.5. The average molecular weight is 282 g/mol. The van der Waals surface area contributed by atoms with E-state index < -0.39 is 11.4 Å². The normalized spacial score (nSPS) is 11.3. The van der Waals surface area contributed by atoms with E-state index in [0.29, 0.717) is 6.54 Å². The molecule has 1 aromatic rings. The molecule has 4 nitrogen and oxygen atoms in total. The first-order valence-corrected chi connectivity index (χ1v) is 6.76. The van der Waals surface area contributed by atoms with Crippen LogP contribution in [-0.2, 0) is 0 Å². The van der Waals surface area contributed by atoms with E-state index >= 15 is 0 Å². The van der Waals surface area contributed by atoms with Crippen LogP contribution in [0.3, 0.4) is 0 Å². The number of carbonyl (C=O) groups excluding carboxylic acids is 1. The van der Waals surface area contributed by atoms with Crippen LogP contribution in [0, 0.1) is 5.82 Å². The van der Waals surface area contributed by atoms with Gasteiger partial charge in [-0.1, -0.05) is 13.0 Å². The summed E-state index contributed by atoms with van der Waals surface area (Å²) in [6.07, 6.45) is 0.833. The number of anilines is 1. The summed E-state index contributed by atoms with van der Waals surface area (Å²) in [5.74, 6) is -0.762. The van der Waals surface area contributed by atoms with E-state index in [0.717, 1.165) is 6.42 Å². The molecular weight excluding hydrogens is 259 g/mol. The summed E-state index contributed by atoms with van der Waals surface area (Å²) in [6, 6.07) is 4.43. The Bertz CT molecular complexity index is 475. The molecule has 0 saturated carbocycles. The monoisotopic (exact) mass is 282 g/mol. The molecule has 2 N–H and O–H groups in total. The van der Waals surface area contributed by atoms with Crippen LogP contribution in [0.1, 0.15) is 37.6 Å². The van der Waals surface area contributed by atoms with Crippen molar-refractivity contribution < 1.29 is 14.3 Å². The van der Waals surface area contributed by atoms with Crippen LogP contribution < -0.4 is 5.32 Å². The fourth-order valence-electron chi connectivity index (χ4n) is 1.69. The van der Waals surface area contributed by atoms with E-state index in [-0.39, 0.29) is 23.8 Å². The van der Waals surface area contributed by atoms with Gasteiger partial charge in [-0.2, -0.15) is 0 Å². The molecule has 1 amide bonds. The Morgan fingerprint density at radius 3 is 2.65 bits per heavy atom. The number of hydrogen-bond acceptors (Lipinski definition) is 3. The first-order valence-electron chi connectivity index (χ1n) is 6.76. The fraction of sp³-hybridized carbons (Fsp3) is 0.533. The van der Waals surface area contributed by atoms with E-state index in [9.17, 15) is 14.3 Å². The number of nitrogens with zero attached hydrogens (tertiary/aromatic N) is 1. The molecular formula is C15H23FN2O2. The number of aliphatic hydroxyl groups is 1. The summed E-state index contributed by atoms with van der Waals surface area (Å²) < 4.78 is 13.9. The van der Waals surface area contributed by atoms with E-state index in [2.05, 4.69) is 5.32 Å².